The second kappa shape index (κ2) is 23.5. The highest BCUT2D eigenvalue weighted by Gasteiger charge is 1.71. The van der Waals surface area contributed by atoms with Crippen molar-refractivity contribution in [1.29, 1.82) is 0 Å². The zero-order valence-electron chi connectivity index (χ0n) is 11.1. The number of hydrogen-bond donors (Lipinski definition) is 9. The second-order valence-electron chi connectivity index (χ2n) is 2.06. The van der Waals surface area contributed by atoms with E-state index in [2.05, 4.69) is 20.7 Å². The molecule has 0 amide bonds. The maximum atomic E-state index is 4.88. The number of nitrogens with one attached hydrogen (secondary N) is 2. The molecule has 0 aromatic heterocycles. The first kappa shape index (κ1) is 24.1. The minimum Gasteiger partial charge on any atom is -0.370 e. The van der Waals surface area contributed by atoms with Crippen LogP contribution in [0.3, 0.4) is 0 Å². The van der Waals surface area contributed by atoms with Crippen LogP contribution in [0.25, 0.3) is 0 Å². The van der Waals surface area contributed by atoms with Crippen molar-refractivity contribution in [1.82, 2.24) is 0 Å². The Morgan fingerprint density at radius 3 is 0.941 bits per heavy atom. The van der Waals surface area contributed by atoms with Gasteiger partial charge in [0.15, 0.2) is 5.96 Å². The Bertz CT molecular complexity index is 169. The molecular formula is C7H29N10+3. The van der Waals surface area contributed by atoms with Gasteiger partial charge in [-0.25, -0.2) is 0 Å². The van der Waals surface area contributed by atoms with E-state index in [-0.39, 0.29) is 17.9 Å². The van der Waals surface area contributed by atoms with Crippen LogP contribution in [-0.2, 0) is 0 Å². The monoisotopic (exact) mass is 253 g/mol. The van der Waals surface area contributed by atoms with Gasteiger partial charge in [-0.2, -0.15) is 0 Å². The average Bonchev–Trinajstić information content (AvgIpc) is 2.32. The lowest BCUT2D eigenvalue weighted by atomic mass is 11.1. The van der Waals surface area contributed by atoms with Crippen LogP contribution in [-0.4, -0.2) is 46.1 Å². The van der Waals surface area contributed by atoms with Gasteiger partial charge in [0, 0.05) is 7.05 Å². The van der Waals surface area contributed by atoms with Crippen LogP contribution in [0.4, 0.5) is 0 Å². The highest BCUT2D eigenvalue weighted by molar-refractivity contribution is 5.75. The summed E-state index contributed by atoms with van der Waals surface area (Å²) in [5, 5.41) is 0. The Morgan fingerprint density at radius 2 is 0.941 bits per heavy atom. The highest BCUT2D eigenvalue weighted by atomic mass is 15.0. The first-order valence-corrected chi connectivity index (χ1v) is 4.61. The summed E-state index contributed by atoms with van der Waals surface area (Å²) in [5.41, 5.74) is 32.4. The van der Waals surface area contributed by atoms with E-state index in [0.717, 1.165) is 0 Å². The van der Waals surface area contributed by atoms with Gasteiger partial charge in [0.1, 0.15) is 0 Å². The lowest BCUT2D eigenvalue weighted by molar-refractivity contribution is -0.422. The summed E-state index contributed by atoms with van der Waals surface area (Å²) in [6, 6.07) is 0. The number of nitrogens with two attached hydrogens (primary N) is 6. The quantitative estimate of drug-likeness (QED) is 0.150. The molecule has 0 unspecified atom stereocenters. The topological polar surface area (TPSA) is 224 Å². The van der Waals surface area contributed by atoms with Crippen molar-refractivity contribution in [3.8, 4) is 0 Å². The van der Waals surface area contributed by atoms with Gasteiger partial charge in [0.05, 0.1) is 21.1 Å². The average molecular weight is 253 g/mol. The first-order valence-electron chi connectivity index (χ1n) is 4.61. The van der Waals surface area contributed by atoms with Crippen molar-refractivity contribution in [2.75, 3.05) is 28.2 Å². The Morgan fingerprint density at radius 1 is 0.824 bits per heavy atom. The third kappa shape index (κ3) is 134. The molecule has 0 saturated carbocycles. The minimum atomic E-state index is 0.130. The van der Waals surface area contributed by atoms with E-state index in [1.54, 1.807) is 21.1 Å². The van der Waals surface area contributed by atoms with Crippen LogP contribution in [0.15, 0.2) is 4.99 Å². The van der Waals surface area contributed by atoms with E-state index in [9.17, 15) is 0 Å². The molecule has 0 aliphatic rings. The predicted octanol–water partition coefficient (Wildman–Crippen LogP) is -8.31. The van der Waals surface area contributed by atoms with Crippen molar-refractivity contribution in [3.63, 3.8) is 0 Å². The molecule has 0 aliphatic heterocycles. The Balaban J connectivity index is -0.0000000693. The number of rotatable bonds is 0. The van der Waals surface area contributed by atoms with Gasteiger partial charge < -0.3 is 17.2 Å². The molecule has 104 valence electrons. The largest absolute Gasteiger partial charge is 0.370 e. The van der Waals surface area contributed by atoms with Crippen molar-refractivity contribution < 1.29 is 15.7 Å². The maximum Gasteiger partial charge on any atom is 0.338 e. The van der Waals surface area contributed by atoms with Gasteiger partial charge in [-0.05, 0) is 0 Å². The third-order valence-electron chi connectivity index (χ3n) is 0.836. The summed E-state index contributed by atoms with van der Waals surface area (Å²) in [6.07, 6.45) is 0. The van der Waals surface area contributed by atoms with Crippen LogP contribution < -0.4 is 50.1 Å². The Labute approximate surface area is 102 Å². The summed E-state index contributed by atoms with van der Waals surface area (Å²) in [7, 11) is 6.61. The normalized spacial score (nSPS) is 6.18. The molecule has 0 rings (SSSR count). The summed E-state index contributed by atoms with van der Waals surface area (Å²) in [4.78, 5) is 8.36. The van der Waals surface area contributed by atoms with Gasteiger partial charge in [0.2, 0.25) is 0 Å². The molecule has 17 N–H and O–H groups in total. The lowest BCUT2D eigenvalue weighted by Gasteiger charge is -1.77. The summed E-state index contributed by atoms with van der Waals surface area (Å²) >= 11 is 0. The van der Waals surface area contributed by atoms with Crippen LogP contribution in [0.2, 0.25) is 0 Å². The van der Waals surface area contributed by atoms with E-state index >= 15 is 0 Å². The van der Waals surface area contributed by atoms with Crippen LogP contribution in [0.1, 0.15) is 0 Å². The number of aliphatic imine (C=N–C) groups is 1. The molecule has 17 heavy (non-hydrogen) atoms. The molecule has 0 heterocycles. The molecule has 10 heteroatoms. The van der Waals surface area contributed by atoms with Gasteiger partial charge in [0.25, 0.3) is 0 Å². The van der Waals surface area contributed by atoms with E-state index in [1.807, 2.05) is 0 Å². The maximum absolute atomic E-state index is 4.88. The fourth-order valence-corrected chi connectivity index (χ4v) is 0. The molecule has 10 nitrogen and oxygen atoms in total. The van der Waals surface area contributed by atoms with Crippen LogP contribution >= 0.6 is 0 Å². The zero-order chi connectivity index (χ0) is 14.9. The third-order valence-corrected chi connectivity index (χ3v) is 0.836. The Hall–Kier alpha value is -2.23. The summed E-state index contributed by atoms with van der Waals surface area (Å²) in [5.74, 6) is 0.639. The highest BCUT2D eigenvalue weighted by Crippen LogP contribution is 1.40. The number of nitrogens with zero attached hydrogens (tertiary/aromatic N) is 1. The SMILES string of the molecule is CN=C(N)N.C[NH+]=C(N)N.C[NH+]=C(N)N.C[NH3+]. The van der Waals surface area contributed by atoms with E-state index < -0.39 is 0 Å². The number of guanidine groups is 3. The molecule has 0 aliphatic carbocycles. The molecule has 0 aromatic rings. The predicted molar refractivity (Wildman–Crippen MR) is 71.1 cm³/mol. The van der Waals surface area contributed by atoms with Gasteiger partial charge in [-0.1, -0.05) is 0 Å². The number of hydrogen-bond acceptors (Lipinski definition) is 1. The van der Waals surface area contributed by atoms with Crippen molar-refractivity contribution >= 4 is 17.9 Å². The van der Waals surface area contributed by atoms with Gasteiger partial charge in [-0.15, -0.1) is 0 Å². The van der Waals surface area contributed by atoms with Crippen molar-refractivity contribution in [3.05, 3.63) is 0 Å². The number of quaternary nitrogens is 1. The summed E-state index contributed by atoms with van der Waals surface area (Å²) in [6.45, 7) is 0. The summed E-state index contributed by atoms with van der Waals surface area (Å²) < 4.78 is 0. The minimum absolute atomic E-state index is 0.130. The van der Waals surface area contributed by atoms with Crippen molar-refractivity contribution in [2.45, 2.75) is 0 Å². The molecule has 0 spiro atoms. The smallest absolute Gasteiger partial charge is 0.338 e. The van der Waals surface area contributed by atoms with Gasteiger partial charge >= 0.3 is 11.9 Å². The standard InChI is InChI=1S/3C2H7N3.CH5N/c3*1-5-2(3)4;1-2/h3*1H3,(H4,3,4,5);2H2,1H3/p+3. The Kier molecular flexibility index (Phi) is 33.4. The molecule has 0 aromatic carbocycles. The molecule has 0 saturated heterocycles. The lowest BCUT2D eigenvalue weighted by Crippen LogP contribution is -2.73. The van der Waals surface area contributed by atoms with E-state index in [1.165, 1.54) is 7.05 Å². The first-order chi connectivity index (χ1) is 7.81. The zero-order valence-corrected chi connectivity index (χ0v) is 11.1. The second-order valence-corrected chi connectivity index (χ2v) is 2.06. The molecule has 0 radical (unpaired) electrons. The molecular weight excluding hydrogens is 224 g/mol. The molecule has 0 bridgehead atoms. The van der Waals surface area contributed by atoms with Gasteiger partial charge in [-0.3, -0.25) is 37.9 Å². The van der Waals surface area contributed by atoms with Crippen molar-refractivity contribution in [2.24, 2.45) is 39.4 Å². The fraction of sp³-hybridized carbons (Fsp3) is 0.571. The molecule has 0 atom stereocenters. The van der Waals surface area contributed by atoms with Crippen LogP contribution in [0.5, 0.6) is 0 Å². The van der Waals surface area contributed by atoms with E-state index in [4.69, 9.17) is 34.4 Å². The van der Waals surface area contributed by atoms with E-state index in [0.29, 0.717) is 0 Å². The van der Waals surface area contributed by atoms with Crippen LogP contribution in [0, 0.1) is 0 Å². The fourth-order valence-electron chi connectivity index (χ4n) is 0. The molecule has 0 fully saturated rings.